The van der Waals surface area contributed by atoms with Gasteiger partial charge in [0.25, 0.3) is 0 Å². The molecule has 1 aromatic rings. The third-order valence-electron chi connectivity index (χ3n) is 2.34. The summed E-state index contributed by atoms with van der Waals surface area (Å²) in [5, 5.41) is 11.5. The van der Waals surface area contributed by atoms with Crippen LogP contribution >= 0.6 is 0 Å². The zero-order valence-electron chi connectivity index (χ0n) is 9.74. The molecule has 0 radical (unpaired) electrons. The van der Waals surface area contributed by atoms with Gasteiger partial charge in [-0.15, -0.1) is 0 Å². The average Bonchev–Trinajstić information content (AvgIpc) is 2.28. The standard InChI is InChI=1S/C12H15N3O/c1-9-4-5-10(7-13)11(6-9)15(3)8-12(16)14-2/h4-6H,8H2,1-3H3,(H,14,16). The number of carbonyl (C=O) groups is 1. The summed E-state index contributed by atoms with van der Waals surface area (Å²) in [6, 6.07) is 7.68. The van der Waals surface area contributed by atoms with E-state index >= 15 is 0 Å². The van der Waals surface area contributed by atoms with Gasteiger partial charge in [0.05, 0.1) is 17.8 Å². The lowest BCUT2D eigenvalue weighted by molar-refractivity contribution is -0.119. The first-order chi connectivity index (χ1) is 7.58. The highest BCUT2D eigenvalue weighted by Crippen LogP contribution is 2.20. The Morgan fingerprint density at radius 1 is 1.56 bits per heavy atom. The monoisotopic (exact) mass is 217 g/mol. The summed E-state index contributed by atoms with van der Waals surface area (Å²) < 4.78 is 0. The number of nitrogens with one attached hydrogen (secondary N) is 1. The van der Waals surface area contributed by atoms with Crippen molar-refractivity contribution in [3.05, 3.63) is 29.3 Å². The van der Waals surface area contributed by atoms with Gasteiger partial charge in [-0.05, 0) is 24.6 Å². The van der Waals surface area contributed by atoms with Crippen LogP contribution in [0.1, 0.15) is 11.1 Å². The lowest BCUT2D eigenvalue weighted by Gasteiger charge is -2.19. The number of hydrogen-bond acceptors (Lipinski definition) is 3. The van der Waals surface area contributed by atoms with Gasteiger partial charge < -0.3 is 10.2 Å². The maximum absolute atomic E-state index is 11.2. The summed E-state index contributed by atoms with van der Waals surface area (Å²) >= 11 is 0. The summed E-state index contributed by atoms with van der Waals surface area (Å²) in [7, 11) is 3.39. The van der Waals surface area contributed by atoms with Gasteiger partial charge in [-0.3, -0.25) is 4.79 Å². The third-order valence-corrected chi connectivity index (χ3v) is 2.34. The minimum atomic E-state index is -0.0760. The van der Waals surface area contributed by atoms with E-state index in [1.165, 1.54) is 0 Å². The molecule has 0 aliphatic carbocycles. The van der Waals surface area contributed by atoms with Crippen molar-refractivity contribution in [2.75, 3.05) is 25.5 Å². The van der Waals surface area contributed by atoms with E-state index in [1.54, 1.807) is 25.1 Å². The normalized spacial score (nSPS) is 9.38. The summed E-state index contributed by atoms with van der Waals surface area (Å²) in [4.78, 5) is 13.0. The number of carbonyl (C=O) groups excluding carboxylic acids is 1. The Balaban J connectivity index is 2.98. The van der Waals surface area contributed by atoms with E-state index in [1.807, 2.05) is 19.1 Å². The second-order valence-electron chi connectivity index (χ2n) is 3.66. The van der Waals surface area contributed by atoms with Crippen LogP contribution < -0.4 is 10.2 Å². The minimum Gasteiger partial charge on any atom is -0.364 e. The molecule has 16 heavy (non-hydrogen) atoms. The van der Waals surface area contributed by atoms with Gasteiger partial charge in [0.15, 0.2) is 0 Å². The molecule has 0 aromatic heterocycles. The highest BCUT2D eigenvalue weighted by atomic mass is 16.1. The van der Waals surface area contributed by atoms with Crippen LogP contribution in [0.2, 0.25) is 0 Å². The number of anilines is 1. The zero-order chi connectivity index (χ0) is 12.1. The highest BCUT2D eigenvalue weighted by molar-refractivity contribution is 5.81. The second-order valence-corrected chi connectivity index (χ2v) is 3.66. The lowest BCUT2D eigenvalue weighted by Crippen LogP contribution is -2.33. The lowest BCUT2D eigenvalue weighted by atomic mass is 10.1. The fraction of sp³-hybridized carbons (Fsp3) is 0.333. The summed E-state index contributed by atoms with van der Waals surface area (Å²) in [5.74, 6) is -0.0760. The average molecular weight is 217 g/mol. The van der Waals surface area contributed by atoms with E-state index in [-0.39, 0.29) is 12.5 Å². The number of amides is 1. The quantitative estimate of drug-likeness (QED) is 0.823. The Hall–Kier alpha value is -2.02. The van der Waals surface area contributed by atoms with Crippen molar-refractivity contribution in [3.63, 3.8) is 0 Å². The van der Waals surface area contributed by atoms with Crippen LogP contribution in [0, 0.1) is 18.3 Å². The van der Waals surface area contributed by atoms with E-state index < -0.39 is 0 Å². The first-order valence-corrected chi connectivity index (χ1v) is 5.01. The van der Waals surface area contributed by atoms with Crippen molar-refractivity contribution in [2.24, 2.45) is 0 Å². The van der Waals surface area contributed by atoms with E-state index in [2.05, 4.69) is 11.4 Å². The minimum absolute atomic E-state index is 0.0760. The topological polar surface area (TPSA) is 56.1 Å². The Labute approximate surface area is 95.5 Å². The molecule has 0 bridgehead atoms. The van der Waals surface area contributed by atoms with Gasteiger partial charge in [-0.2, -0.15) is 5.26 Å². The number of hydrogen-bond donors (Lipinski definition) is 1. The molecule has 0 fully saturated rings. The predicted molar refractivity (Wildman–Crippen MR) is 63.2 cm³/mol. The number of rotatable bonds is 3. The molecule has 1 amide bonds. The van der Waals surface area contributed by atoms with Crippen LogP contribution in [-0.4, -0.2) is 26.5 Å². The van der Waals surface area contributed by atoms with Crippen LogP contribution in [0.5, 0.6) is 0 Å². The third kappa shape index (κ3) is 2.74. The van der Waals surface area contributed by atoms with Gasteiger partial charge in [-0.25, -0.2) is 0 Å². The predicted octanol–water partition coefficient (Wildman–Crippen LogP) is 1.05. The van der Waals surface area contributed by atoms with Crippen LogP contribution in [0.3, 0.4) is 0 Å². The molecule has 0 aliphatic heterocycles. The molecule has 0 spiro atoms. The van der Waals surface area contributed by atoms with Crippen molar-refractivity contribution >= 4 is 11.6 Å². The van der Waals surface area contributed by atoms with E-state index in [9.17, 15) is 4.79 Å². The van der Waals surface area contributed by atoms with Gasteiger partial charge >= 0.3 is 0 Å². The molecule has 4 heteroatoms. The van der Waals surface area contributed by atoms with Gasteiger partial charge in [0.2, 0.25) is 5.91 Å². The molecule has 1 aromatic carbocycles. The SMILES string of the molecule is CNC(=O)CN(C)c1cc(C)ccc1C#N. The zero-order valence-corrected chi connectivity index (χ0v) is 9.74. The number of benzene rings is 1. The van der Waals surface area contributed by atoms with Gasteiger partial charge in [0.1, 0.15) is 6.07 Å². The summed E-state index contributed by atoms with van der Waals surface area (Å²) in [6.45, 7) is 2.20. The van der Waals surface area contributed by atoms with Crippen molar-refractivity contribution < 1.29 is 4.79 Å². The molecule has 4 nitrogen and oxygen atoms in total. The molecule has 1 rings (SSSR count). The molecule has 84 valence electrons. The molecule has 0 saturated carbocycles. The van der Waals surface area contributed by atoms with E-state index in [0.29, 0.717) is 5.56 Å². The summed E-state index contributed by atoms with van der Waals surface area (Å²) in [5.41, 5.74) is 2.43. The largest absolute Gasteiger partial charge is 0.364 e. The van der Waals surface area contributed by atoms with Crippen LogP contribution in [0.25, 0.3) is 0 Å². The van der Waals surface area contributed by atoms with Crippen molar-refractivity contribution in [1.29, 1.82) is 5.26 Å². The van der Waals surface area contributed by atoms with Gasteiger partial charge in [-0.1, -0.05) is 6.07 Å². The first kappa shape index (κ1) is 12.1. The second kappa shape index (κ2) is 5.17. The van der Waals surface area contributed by atoms with E-state index in [0.717, 1.165) is 11.3 Å². The van der Waals surface area contributed by atoms with Gasteiger partial charge in [0, 0.05) is 14.1 Å². The molecule has 0 saturated heterocycles. The fourth-order valence-corrected chi connectivity index (χ4v) is 1.43. The number of aryl methyl sites for hydroxylation is 1. The first-order valence-electron chi connectivity index (χ1n) is 5.01. The molecule has 0 unspecified atom stereocenters. The fourth-order valence-electron chi connectivity index (χ4n) is 1.43. The van der Waals surface area contributed by atoms with Crippen LogP contribution in [0.4, 0.5) is 5.69 Å². The Kier molecular flexibility index (Phi) is 3.90. The van der Waals surface area contributed by atoms with E-state index in [4.69, 9.17) is 5.26 Å². The number of nitriles is 1. The summed E-state index contributed by atoms with van der Waals surface area (Å²) in [6.07, 6.45) is 0. The Morgan fingerprint density at radius 3 is 2.81 bits per heavy atom. The molecule has 0 atom stereocenters. The van der Waals surface area contributed by atoms with Crippen molar-refractivity contribution in [3.8, 4) is 6.07 Å². The van der Waals surface area contributed by atoms with Crippen LogP contribution in [0.15, 0.2) is 18.2 Å². The molecular weight excluding hydrogens is 202 g/mol. The molecule has 0 heterocycles. The maximum Gasteiger partial charge on any atom is 0.239 e. The van der Waals surface area contributed by atoms with Crippen LogP contribution in [-0.2, 0) is 4.79 Å². The van der Waals surface area contributed by atoms with Crippen molar-refractivity contribution in [2.45, 2.75) is 6.92 Å². The Bertz CT molecular complexity index is 434. The Morgan fingerprint density at radius 2 is 2.25 bits per heavy atom. The number of nitrogens with zero attached hydrogens (tertiary/aromatic N) is 2. The highest BCUT2D eigenvalue weighted by Gasteiger charge is 2.10. The number of likely N-dealkylation sites (N-methyl/N-ethyl adjacent to an activating group) is 2. The molecule has 1 N–H and O–H groups in total. The molecule has 0 aliphatic rings. The molecular formula is C12H15N3O. The maximum atomic E-state index is 11.2. The van der Waals surface area contributed by atoms with Crippen molar-refractivity contribution in [1.82, 2.24) is 5.32 Å². The smallest absolute Gasteiger partial charge is 0.239 e.